The van der Waals surface area contributed by atoms with Crippen LogP contribution in [0, 0.1) is 5.82 Å². The number of carbonyl (C=O) groups excluding carboxylic acids is 3. The van der Waals surface area contributed by atoms with Crippen molar-refractivity contribution in [3.8, 4) is 0 Å². The van der Waals surface area contributed by atoms with Crippen molar-refractivity contribution in [2.45, 2.75) is 12.1 Å². The van der Waals surface area contributed by atoms with Gasteiger partial charge in [-0.15, -0.1) is 0 Å². The van der Waals surface area contributed by atoms with Gasteiger partial charge in [0, 0.05) is 10.7 Å². The molecule has 0 aliphatic carbocycles. The molecule has 1 heterocycles. The Morgan fingerprint density at radius 2 is 2.07 bits per heavy atom. The number of ether oxygens (including phenoxy) is 2. The number of nitrogens with two attached hydrogens (primary N) is 1. The lowest BCUT2D eigenvalue weighted by atomic mass is 10.3. The number of nitrogen functional groups attached to an aromatic ring is 1. The van der Waals surface area contributed by atoms with E-state index < -0.39 is 30.3 Å². The molecule has 29 heavy (non-hydrogen) atoms. The van der Waals surface area contributed by atoms with E-state index in [2.05, 4.69) is 31.2 Å². The number of hydrogen-bond acceptors (Lipinski definition) is 9. The van der Waals surface area contributed by atoms with Crippen LogP contribution in [0.2, 0.25) is 0 Å². The van der Waals surface area contributed by atoms with E-state index in [1.165, 1.54) is 18.3 Å². The molecule has 3 N–H and O–H groups in total. The first-order valence-corrected chi connectivity index (χ1v) is 9.91. The van der Waals surface area contributed by atoms with Crippen LogP contribution in [-0.2, 0) is 19.1 Å². The predicted molar refractivity (Wildman–Crippen MR) is 107 cm³/mol. The maximum atomic E-state index is 13.7. The third-order valence-electron chi connectivity index (χ3n) is 3.18. The summed E-state index contributed by atoms with van der Waals surface area (Å²) in [4.78, 5) is 43.0. The van der Waals surface area contributed by atoms with E-state index in [0.29, 0.717) is 4.47 Å². The molecule has 0 spiro atoms. The van der Waals surface area contributed by atoms with Crippen LogP contribution in [0.4, 0.5) is 15.9 Å². The maximum Gasteiger partial charge on any atom is 0.343 e. The highest BCUT2D eigenvalue weighted by Crippen LogP contribution is 2.19. The van der Waals surface area contributed by atoms with Crippen molar-refractivity contribution >= 4 is 57.0 Å². The number of aromatic nitrogens is 2. The van der Waals surface area contributed by atoms with Gasteiger partial charge in [-0.25, -0.2) is 19.2 Å². The largest absolute Gasteiger partial charge is 0.462 e. The topological polar surface area (TPSA) is 134 Å². The number of rotatable bonds is 8. The molecule has 0 fully saturated rings. The number of anilines is 2. The number of benzene rings is 1. The van der Waals surface area contributed by atoms with Gasteiger partial charge in [-0.1, -0.05) is 27.7 Å². The fourth-order valence-electron chi connectivity index (χ4n) is 1.90. The first-order valence-electron chi connectivity index (χ1n) is 8.13. The monoisotopic (exact) mass is 486 g/mol. The zero-order chi connectivity index (χ0) is 21.4. The van der Waals surface area contributed by atoms with Gasteiger partial charge in [-0.2, -0.15) is 0 Å². The van der Waals surface area contributed by atoms with Crippen LogP contribution >= 0.6 is 27.7 Å². The molecule has 1 amide bonds. The average Bonchev–Trinajstić information content (AvgIpc) is 2.67. The Morgan fingerprint density at radius 1 is 1.31 bits per heavy atom. The Morgan fingerprint density at radius 3 is 2.72 bits per heavy atom. The lowest BCUT2D eigenvalue weighted by Crippen LogP contribution is -2.22. The Hall–Kier alpha value is -2.73. The molecule has 9 nitrogen and oxygen atoms in total. The van der Waals surface area contributed by atoms with Crippen molar-refractivity contribution < 1.29 is 28.2 Å². The van der Waals surface area contributed by atoms with Crippen molar-refractivity contribution in [3.63, 3.8) is 0 Å². The van der Waals surface area contributed by atoms with E-state index >= 15 is 0 Å². The molecule has 0 unspecified atom stereocenters. The van der Waals surface area contributed by atoms with Gasteiger partial charge in [0.2, 0.25) is 0 Å². The number of hydrogen-bond donors (Lipinski definition) is 2. The number of esters is 2. The molecule has 154 valence electrons. The minimum atomic E-state index is -0.710. The Balaban J connectivity index is 1.80. The van der Waals surface area contributed by atoms with Crippen LogP contribution in [0.5, 0.6) is 0 Å². The smallest absolute Gasteiger partial charge is 0.343 e. The number of nitrogens with one attached hydrogen (secondary N) is 1. The Labute approximate surface area is 177 Å². The summed E-state index contributed by atoms with van der Waals surface area (Å²) in [6.45, 7) is 1.25. The van der Waals surface area contributed by atoms with Crippen LogP contribution in [0.25, 0.3) is 0 Å². The van der Waals surface area contributed by atoms with E-state index in [1.54, 1.807) is 13.0 Å². The summed E-state index contributed by atoms with van der Waals surface area (Å²) in [7, 11) is 0. The van der Waals surface area contributed by atoms with Crippen molar-refractivity contribution in [3.05, 3.63) is 40.2 Å². The molecule has 0 aliphatic rings. The quantitative estimate of drug-likeness (QED) is 0.327. The third-order valence-corrected chi connectivity index (χ3v) is 4.51. The average molecular weight is 487 g/mol. The highest BCUT2D eigenvalue weighted by atomic mass is 79.9. The SMILES string of the molecule is CCOC(=O)c1cnc(SCC(=O)OCC(=O)Nc2ccc(Br)cc2F)nc1N. The van der Waals surface area contributed by atoms with Gasteiger partial charge in [-0.3, -0.25) is 9.59 Å². The van der Waals surface area contributed by atoms with Crippen LogP contribution in [-0.4, -0.2) is 46.8 Å². The van der Waals surface area contributed by atoms with Crippen LogP contribution in [0.3, 0.4) is 0 Å². The number of nitrogens with zero attached hydrogens (tertiary/aromatic N) is 2. The fourth-order valence-corrected chi connectivity index (χ4v) is 2.86. The molecule has 0 saturated heterocycles. The lowest BCUT2D eigenvalue weighted by molar-refractivity contribution is -0.144. The van der Waals surface area contributed by atoms with E-state index in [4.69, 9.17) is 15.2 Å². The van der Waals surface area contributed by atoms with Gasteiger partial charge < -0.3 is 20.5 Å². The van der Waals surface area contributed by atoms with Gasteiger partial charge >= 0.3 is 11.9 Å². The van der Waals surface area contributed by atoms with E-state index in [1.807, 2.05) is 0 Å². The van der Waals surface area contributed by atoms with Crippen molar-refractivity contribution in [1.82, 2.24) is 9.97 Å². The minimum Gasteiger partial charge on any atom is -0.462 e. The number of amides is 1. The Kier molecular flexibility index (Phi) is 8.34. The summed E-state index contributed by atoms with van der Waals surface area (Å²) in [5, 5.41) is 2.44. The molecule has 2 aromatic rings. The van der Waals surface area contributed by atoms with Crippen LogP contribution in [0.15, 0.2) is 34.0 Å². The summed E-state index contributed by atoms with van der Waals surface area (Å²) in [6.07, 6.45) is 1.20. The summed E-state index contributed by atoms with van der Waals surface area (Å²) < 4.78 is 23.8. The lowest BCUT2D eigenvalue weighted by Gasteiger charge is -2.08. The van der Waals surface area contributed by atoms with Gasteiger partial charge in [0.1, 0.15) is 17.2 Å². The Bertz CT molecular complexity index is 931. The molecule has 0 radical (unpaired) electrons. The van der Waals surface area contributed by atoms with Gasteiger partial charge in [0.05, 0.1) is 18.0 Å². The summed E-state index contributed by atoms with van der Waals surface area (Å²) in [6, 6.07) is 4.12. The molecule has 1 aromatic carbocycles. The van der Waals surface area contributed by atoms with Crippen LogP contribution < -0.4 is 11.1 Å². The summed E-state index contributed by atoms with van der Waals surface area (Å²) in [5.74, 6) is -2.95. The normalized spacial score (nSPS) is 10.3. The molecule has 0 saturated carbocycles. The molecule has 12 heteroatoms. The molecular weight excluding hydrogens is 471 g/mol. The minimum absolute atomic E-state index is 0.0237. The van der Waals surface area contributed by atoms with Crippen molar-refractivity contribution in [2.24, 2.45) is 0 Å². The second-order valence-corrected chi connectivity index (χ2v) is 7.15. The predicted octanol–water partition coefficient (Wildman–Crippen LogP) is 2.41. The number of thioether (sulfide) groups is 1. The highest BCUT2D eigenvalue weighted by molar-refractivity contribution is 9.10. The number of halogens is 2. The molecule has 0 aliphatic heterocycles. The fraction of sp³-hybridized carbons (Fsp3) is 0.235. The molecule has 2 rings (SSSR count). The van der Waals surface area contributed by atoms with E-state index in [-0.39, 0.29) is 34.6 Å². The van der Waals surface area contributed by atoms with Gasteiger partial charge in [0.15, 0.2) is 11.8 Å². The van der Waals surface area contributed by atoms with Gasteiger partial charge in [-0.05, 0) is 25.1 Å². The van der Waals surface area contributed by atoms with Gasteiger partial charge in [0.25, 0.3) is 5.91 Å². The third kappa shape index (κ3) is 6.98. The molecular formula is C17H16BrFN4O5S. The zero-order valence-corrected chi connectivity index (χ0v) is 17.5. The summed E-state index contributed by atoms with van der Waals surface area (Å²) in [5.41, 5.74) is 5.67. The standard InChI is InChI=1S/C17H16BrFN4O5S/c1-2-27-16(26)10-6-21-17(23-15(10)20)29-8-14(25)28-7-13(24)22-12-4-3-9(18)5-11(12)19/h3-6H,2,7-8H2,1H3,(H,22,24)(H2,20,21,23). The first-order chi connectivity index (χ1) is 13.8. The maximum absolute atomic E-state index is 13.7. The van der Waals surface area contributed by atoms with Crippen LogP contribution in [0.1, 0.15) is 17.3 Å². The molecule has 0 atom stereocenters. The van der Waals surface area contributed by atoms with E-state index in [0.717, 1.165) is 11.8 Å². The zero-order valence-electron chi connectivity index (χ0n) is 15.1. The van der Waals surface area contributed by atoms with Crippen molar-refractivity contribution in [1.29, 1.82) is 0 Å². The first kappa shape index (κ1) is 22.6. The highest BCUT2D eigenvalue weighted by Gasteiger charge is 2.15. The number of carbonyl (C=O) groups is 3. The second kappa shape index (κ2) is 10.7. The van der Waals surface area contributed by atoms with Crippen molar-refractivity contribution in [2.75, 3.05) is 30.0 Å². The van der Waals surface area contributed by atoms with E-state index in [9.17, 15) is 18.8 Å². The summed E-state index contributed by atoms with van der Waals surface area (Å²) >= 11 is 4.02. The second-order valence-electron chi connectivity index (χ2n) is 5.29. The molecule has 1 aromatic heterocycles. The molecule has 0 bridgehead atoms.